The number of hydrogen-bond donors (Lipinski definition) is 1. The lowest BCUT2D eigenvalue weighted by atomic mass is 10.2. The zero-order valence-corrected chi connectivity index (χ0v) is 12.6. The van der Waals surface area contributed by atoms with Gasteiger partial charge in [-0.05, 0) is 38.1 Å². The van der Waals surface area contributed by atoms with Crippen LogP contribution in [0, 0.1) is 5.82 Å². The highest BCUT2D eigenvalue weighted by Crippen LogP contribution is 2.23. The number of rotatable bonds is 8. The van der Waals surface area contributed by atoms with Gasteiger partial charge in [0.1, 0.15) is 6.10 Å². The molecule has 0 aliphatic carbocycles. The summed E-state index contributed by atoms with van der Waals surface area (Å²) in [5, 5.41) is 3.32. The predicted octanol–water partition coefficient (Wildman–Crippen LogP) is 4.14. The second-order valence-corrected chi connectivity index (χ2v) is 5.33. The molecule has 0 spiro atoms. The summed E-state index contributed by atoms with van der Waals surface area (Å²) in [5.74, 6) is -0.0248. The molecule has 0 saturated heterocycles. The highest BCUT2D eigenvalue weighted by molar-refractivity contribution is 9.10. The summed E-state index contributed by atoms with van der Waals surface area (Å²) in [6.07, 6.45) is 3.59. The molecule has 1 atom stereocenters. The van der Waals surface area contributed by atoms with Gasteiger partial charge in [0, 0.05) is 11.0 Å². The van der Waals surface area contributed by atoms with Crippen LogP contribution in [0.5, 0.6) is 5.75 Å². The van der Waals surface area contributed by atoms with Crippen LogP contribution in [0.3, 0.4) is 0 Å². The first-order chi connectivity index (χ1) is 8.63. The van der Waals surface area contributed by atoms with Gasteiger partial charge in [-0.15, -0.1) is 0 Å². The fourth-order valence-corrected chi connectivity index (χ4v) is 1.97. The number of ether oxygens (including phenoxy) is 1. The fraction of sp³-hybridized carbons (Fsp3) is 0.571. The summed E-state index contributed by atoms with van der Waals surface area (Å²) in [6.45, 7) is 5.84. The first-order valence-corrected chi connectivity index (χ1v) is 7.25. The van der Waals surface area contributed by atoms with E-state index in [1.54, 1.807) is 12.1 Å². The third-order valence-corrected chi connectivity index (χ3v) is 3.10. The summed E-state index contributed by atoms with van der Waals surface area (Å²) in [7, 11) is 0. The Hall–Kier alpha value is -0.610. The molecule has 0 amide bonds. The highest BCUT2D eigenvalue weighted by atomic mass is 79.9. The summed E-state index contributed by atoms with van der Waals surface area (Å²) in [5.41, 5.74) is 0. The van der Waals surface area contributed by atoms with Gasteiger partial charge in [0.2, 0.25) is 0 Å². The monoisotopic (exact) mass is 317 g/mol. The zero-order chi connectivity index (χ0) is 13.4. The van der Waals surface area contributed by atoms with Crippen LogP contribution in [0.15, 0.2) is 22.7 Å². The lowest BCUT2D eigenvalue weighted by Crippen LogP contribution is -2.29. The third-order valence-electron chi connectivity index (χ3n) is 2.61. The number of benzene rings is 1. The zero-order valence-electron chi connectivity index (χ0n) is 11.0. The first kappa shape index (κ1) is 15.4. The Bertz CT molecular complexity index is 360. The van der Waals surface area contributed by atoms with Crippen molar-refractivity contribution in [2.45, 2.75) is 39.2 Å². The van der Waals surface area contributed by atoms with Crippen LogP contribution in [0.25, 0.3) is 0 Å². The molecule has 102 valence electrons. The van der Waals surface area contributed by atoms with Crippen LogP contribution < -0.4 is 10.1 Å². The van der Waals surface area contributed by atoms with E-state index in [-0.39, 0.29) is 11.9 Å². The number of halogens is 2. The van der Waals surface area contributed by atoms with Crippen molar-refractivity contribution in [1.82, 2.24) is 5.32 Å². The Morgan fingerprint density at radius 2 is 2.17 bits per heavy atom. The molecule has 1 N–H and O–H groups in total. The quantitative estimate of drug-likeness (QED) is 0.728. The Morgan fingerprint density at radius 3 is 2.89 bits per heavy atom. The number of unbranched alkanes of at least 4 members (excludes halogenated alkanes) is 2. The summed E-state index contributed by atoms with van der Waals surface area (Å²) in [4.78, 5) is 0. The maximum absolute atomic E-state index is 13.5. The topological polar surface area (TPSA) is 21.3 Å². The summed E-state index contributed by atoms with van der Waals surface area (Å²) >= 11 is 3.31. The lowest BCUT2D eigenvalue weighted by Gasteiger charge is -2.16. The smallest absolute Gasteiger partial charge is 0.165 e. The molecular formula is C14H21BrFNO. The number of hydrogen-bond acceptors (Lipinski definition) is 2. The highest BCUT2D eigenvalue weighted by Gasteiger charge is 2.08. The van der Waals surface area contributed by atoms with Gasteiger partial charge in [0.15, 0.2) is 11.6 Å². The van der Waals surface area contributed by atoms with E-state index in [4.69, 9.17) is 4.74 Å². The molecule has 1 aromatic rings. The Labute approximate surface area is 117 Å². The molecule has 0 aliphatic heterocycles. The molecule has 1 rings (SSSR count). The molecule has 0 saturated carbocycles. The number of nitrogens with one attached hydrogen (secondary N) is 1. The molecule has 0 fully saturated rings. The van der Waals surface area contributed by atoms with E-state index in [1.165, 1.54) is 25.3 Å². The lowest BCUT2D eigenvalue weighted by molar-refractivity contribution is 0.207. The summed E-state index contributed by atoms with van der Waals surface area (Å²) in [6, 6.07) is 4.72. The standard InChI is InChI=1S/C14H21BrFNO/c1-3-4-5-8-17-10-11(2)18-14-9-12(15)6-7-13(14)16/h6-7,9,11,17H,3-5,8,10H2,1-2H3. The Balaban J connectivity index is 2.30. The van der Waals surface area contributed by atoms with Crippen molar-refractivity contribution in [2.75, 3.05) is 13.1 Å². The first-order valence-electron chi connectivity index (χ1n) is 6.46. The van der Waals surface area contributed by atoms with E-state index in [2.05, 4.69) is 28.2 Å². The fourth-order valence-electron chi connectivity index (χ4n) is 1.63. The van der Waals surface area contributed by atoms with Gasteiger partial charge in [0.05, 0.1) is 0 Å². The molecule has 1 unspecified atom stereocenters. The van der Waals surface area contributed by atoms with E-state index in [1.807, 2.05) is 6.92 Å². The second-order valence-electron chi connectivity index (χ2n) is 4.41. The molecule has 0 aliphatic rings. The van der Waals surface area contributed by atoms with E-state index in [0.717, 1.165) is 17.6 Å². The maximum atomic E-state index is 13.5. The second kappa shape index (κ2) is 8.48. The molecule has 0 radical (unpaired) electrons. The van der Waals surface area contributed by atoms with E-state index in [9.17, 15) is 4.39 Å². The minimum Gasteiger partial charge on any atom is -0.486 e. The molecule has 4 heteroatoms. The molecule has 18 heavy (non-hydrogen) atoms. The van der Waals surface area contributed by atoms with Crippen molar-refractivity contribution in [1.29, 1.82) is 0 Å². The van der Waals surface area contributed by atoms with Crippen molar-refractivity contribution < 1.29 is 9.13 Å². The molecule has 0 heterocycles. The Morgan fingerprint density at radius 1 is 1.39 bits per heavy atom. The molecule has 2 nitrogen and oxygen atoms in total. The van der Waals surface area contributed by atoms with Gasteiger partial charge >= 0.3 is 0 Å². The van der Waals surface area contributed by atoms with Gasteiger partial charge in [-0.3, -0.25) is 0 Å². The van der Waals surface area contributed by atoms with Crippen LogP contribution in [0.2, 0.25) is 0 Å². The van der Waals surface area contributed by atoms with E-state index < -0.39 is 0 Å². The minimum atomic E-state index is -0.323. The summed E-state index contributed by atoms with van der Waals surface area (Å²) < 4.78 is 19.8. The van der Waals surface area contributed by atoms with Crippen molar-refractivity contribution in [3.8, 4) is 5.75 Å². The largest absolute Gasteiger partial charge is 0.486 e. The maximum Gasteiger partial charge on any atom is 0.165 e. The molecular weight excluding hydrogens is 297 g/mol. The SMILES string of the molecule is CCCCCNCC(C)Oc1cc(Br)ccc1F. The predicted molar refractivity (Wildman–Crippen MR) is 76.6 cm³/mol. The van der Waals surface area contributed by atoms with Crippen molar-refractivity contribution in [3.63, 3.8) is 0 Å². The van der Waals surface area contributed by atoms with E-state index >= 15 is 0 Å². The van der Waals surface area contributed by atoms with Crippen LogP contribution in [-0.2, 0) is 0 Å². The van der Waals surface area contributed by atoms with Crippen LogP contribution in [0.4, 0.5) is 4.39 Å². The van der Waals surface area contributed by atoms with Crippen LogP contribution in [-0.4, -0.2) is 19.2 Å². The Kier molecular flexibility index (Phi) is 7.28. The van der Waals surface area contributed by atoms with Gasteiger partial charge in [-0.2, -0.15) is 0 Å². The van der Waals surface area contributed by atoms with Gasteiger partial charge < -0.3 is 10.1 Å². The van der Waals surface area contributed by atoms with Crippen molar-refractivity contribution >= 4 is 15.9 Å². The molecule has 0 bridgehead atoms. The van der Waals surface area contributed by atoms with Crippen molar-refractivity contribution in [2.24, 2.45) is 0 Å². The average molecular weight is 318 g/mol. The van der Waals surface area contributed by atoms with Gasteiger partial charge in [-0.1, -0.05) is 35.7 Å². The van der Waals surface area contributed by atoms with Crippen molar-refractivity contribution in [3.05, 3.63) is 28.5 Å². The van der Waals surface area contributed by atoms with Crippen LogP contribution >= 0.6 is 15.9 Å². The minimum absolute atomic E-state index is 0.0459. The molecule has 0 aromatic heterocycles. The van der Waals surface area contributed by atoms with Gasteiger partial charge in [0.25, 0.3) is 0 Å². The average Bonchev–Trinajstić information content (AvgIpc) is 2.33. The van der Waals surface area contributed by atoms with Crippen LogP contribution in [0.1, 0.15) is 33.1 Å². The molecule has 1 aromatic carbocycles. The third kappa shape index (κ3) is 5.83. The van der Waals surface area contributed by atoms with E-state index in [0.29, 0.717) is 5.75 Å². The van der Waals surface area contributed by atoms with Gasteiger partial charge in [-0.25, -0.2) is 4.39 Å². The normalized spacial score (nSPS) is 12.4.